The van der Waals surface area contributed by atoms with Crippen molar-refractivity contribution in [2.75, 3.05) is 32.1 Å². The molecule has 1 aromatic carbocycles. The number of methoxy groups -OCH3 is 1. The van der Waals surface area contributed by atoms with Crippen LogP contribution < -0.4 is 5.32 Å². The summed E-state index contributed by atoms with van der Waals surface area (Å²) in [4.78, 5) is 41.6. The van der Waals surface area contributed by atoms with Crippen LogP contribution in [-0.2, 0) is 25.7 Å². The van der Waals surface area contributed by atoms with E-state index in [-0.39, 0.29) is 35.7 Å². The molecule has 7 nitrogen and oxygen atoms in total. The van der Waals surface area contributed by atoms with E-state index < -0.39 is 0 Å². The Kier molecular flexibility index (Phi) is 7.29. The van der Waals surface area contributed by atoms with E-state index in [0.717, 1.165) is 43.6 Å². The van der Waals surface area contributed by atoms with Crippen LogP contribution in [0.15, 0.2) is 12.1 Å². The Morgan fingerprint density at radius 2 is 1.88 bits per heavy atom. The normalized spacial score (nSPS) is 25.7. The van der Waals surface area contributed by atoms with E-state index in [2.05, 4.69) is 22.0 Å². The van der Waals surface area contributed by atoms with Gasteiger partial charge in [-0.1, -0.05) is 24.4 Å². The molecule has 3 aliphatic rings. The second kappa shape index (κ2) is 10.0. The van der Waals surface area contributed by atoms with Crippen molar-refractivity contribution in [3.05, 3.63) is 28.3 Å². The number of hydrogen-bond donors (Lipinski definition) is 1. The molecule has 3 atom stereocenters. The molecule has 0 aromatic heterocycles. The van der Waals surface area contributed by atoms with E-state index in [1.807, 2.05) is 13.0 Å². The maximum atomic E-state index is 12.9. The predicted octanol–water partition coefficient (Wildman–Crippen LogP) is 3.62. The Balaban J connectivity index is 1.38. The van der Waals surface area contributed by atoms with Gasteiger partial charge in [0.15, 0.2) is 0 Å². The summed E-state index contributed by atoms with van der Waals surface area (Å²) in [5, 5.41) is 3.52. The highest BCUT2D eigenvalue weighted by Crippen LogP contribution is 2.40. The summed E-state index contributed by atoms with van der Waals surface area (Å²) in [6.45, 7) is 7.20. The van der Waals surface area contributed by atoms with E-state index in [1.165, 1.54) is 20.0 Å². The van der Waals surface area contributed by atoms with Crippen LogP contribution in [0.3, 0.4) is 0 Å². The number of halogens is 1. The van der Waals surface area contributed by atoms with Gasteiger partial charge in [-0.15, -0.1) is 0 Å². The molecule has 0 spiro atoms. The van der Waals surface area contributed by atoms with Crippen molar-refractivity contribution in [1.29, 1.82) is 0 Å². The third-order valence-electron chi connectivity index (χ3n) is 7.46. The molecule has 2 aliphatic carbocycles. The number of nitrogens with one attached hydrogen (secondary N) is 1. The Morgan fingerprint density at radius 3 is 2.55 bits per heavy atom. The molecule has 4 rings (SSSR count). The Hall–Kier alpha value is -2.12. The largest absolute Gasteiger partial charge is 0.469 e. The second-order valence-corrected chi connectivity index (χ2v) is 10.2. The first-order valence-corrected chi connectivity index (χ1v) is 12.4. The quantitative estimate of drug-likeness (QED) is 0.636. The monoisotopic (exact) mass is 475 g/mol. The van der Waals surface area contributed by atoms with Gasteiger partial charge in [0.25, 0.3) is 0 Å². The van der Waals surface area contributed by atoms with E-state index >= 15 is 0 Å². The Morgan fingerprint density at radius 1 is 1.15 bits per heavy atom. The lowest BCUT2D eigenvalue weighted by molar-refractivity contribution is -0.143. The predicted molar refractivity (Wildman–Crippen MR) is 127 cm³/mol. The zero-order chi connectivity index (χ0) is 23.7. The summed E-state index contributed by atoms with van der Waals surface area (Å²) in [6, 6.07) is 3.88. The number of piperazine rings is 1. The molecule has 1 aromatic rings. The van der Waals surface area contributed by atoms with E-state index in [4.69, 9.17) is 16.3 Å². The highest BCUT2D eigenvalue weighted by atomic mass is 35.5. The molecule has 0 radical (unpaired) electrons. The van der Waals surface area contributed by atoms with Crippen LogP contribution >= 0.6 is 11.6 Å². The minimum atomic E-state index is -0.348. The van der Waals surface area contributed by atoms with Crippen molar-refractivity contribution in [3.63, 3.8) is 0 Å². The van der Waals surface area contributed by atoms with Gasteiger partial charge in [-0.05, 0) is 56.4 Å². The van der Waals surface area contributed by atoms with Crippen molar-refractivity contribution in [3.8, 4) is 0 Å². The minimum Gasteiger partial charge on any atom is -0.469 e. The standard InChI is InChI=1S/C25H34ClN3O4/c1-15-13-28(8-9-29(15)24(31)17-6-4-5-7-17)14-18-10-19(26)11-22(16(18)2)27-23(30)20-12-21(20)25(32)33-3/h10-11,15,17,20-21H,4-9,12-14H2,1-3H3,(H,27,30)/t15-,20?,21?/m0/s1. The zero-order valence-electron chi connectivity index (χ0n) is 19.7. The molecule has 2 saturated carbocycles. The smallest absolute Gasteiger partial charge is 0.309 e. The van der Waals surface area contributed by atoms with Gasteiger partial charge in [0.05, 0.1) is 18.9 Å². The molecule has 1 heterocycles. The van der Waals surface area contributed by atoms with Crippen LogP contribution in [0, 0.1) is 24.7 Å². The number of benzene rings is 1. The lowest BCUT2D eigenvalue weighted by Gasteiger charge is -2.41. The molecular weight excluding hydrogens is 442 g/mol. The SMILES string of the molecule is COC(=O)C1CC1C(=O)Nc1cc(Cl)cc(CN2CCN(C(=O)C3CCCC3)[C@@H](C)C2)c1C. The third kappa shape index (κ3) is 5.35. The highest BCUT2D eigenvalue weighted by molar-refractivity contribution is 6.31. The van der Waals surface area contributed by atoms with Crippen LogP contribution in [0.5, 0.6) is 0 Å². The molecule has 180 valence electrons. The van der Waals surface area contributed by atoms with Crippen LogP contribution in [-0.4, -0.2) is 60.4 Å². The Labute approximate surface area is 200 Å². The minimum absolute atomic E-state index is 0.172. The van der Waals surface area contributed by atoms with E-state index in [0.29, 0.717) is 29.6 Å². The highest BCUT2D eigenvalue weighted by Gasteiger charge is 2.49. The molecule has 8 heteroatoms. The summed E-state index contributed by atoms with van der Waals surface area (Å²) in [7, 11) is 1.34. The van der Waals surface area contributed by atoms with Crippen molar-refractivity contribution in [2.24, 2.45) is 17.8 Å². The molecule has 1 aliphatic heterocycles. The molecule has 1 N–H and O–H groups in total. The van der Waals surface area contributed by atoms with Crippen molar-refractivity contribution < 1.29 is 19.1 Å². The van der Waals surface area contributed by atoms with Crippen molar-refractivity contribution >= 4 is 35.1 Å². The third-order valence-corrected chi connectivity index (χ3v) is 7.68. The summed E-state index contributed by atoms with van der Waals surface area (Å²) in [5.41, 5.74) is 2.71. The first-order valence-electron chi connectivity index (χ1n) is 12.0. The van der Waals surface area contributed by atoms with E-state index in [9.17, 15) is 14.4 Å². The summed E-state index contributed by atoms with van der Waals surface area (Å²) < 4.78 is 4.74. The number of carbonyl (C=O) groups excluding carboxylic acids is 3. The van der Waals surface area contributed by atoms with Crippen molar-refractivity contribution in [2.45, 2.75) is 58.5 Å². The number of anilines is 1. The summed E-state index contributed by atoms with van der Waals surface area (Å²) in [6.07, 6.45) is 4.92. The number of ether oxygens (including phenoxy) is 1. The van der Waals surface area contributed by atoms with Crippen LogP contribution in [0.1, 0.15) is 50.2 Å². The molecule has 1 saturated heterocycles. The molecule has 33 heavy (non-hydrogen) atoms. The van der Waals surface area contributed by atoms with Gasteiger partial charge in [0.1, 0.15) is 0 Å². The van der Waals surface area contributed by atoms with Gasteiger partial charge < -0.3 is 15.0 Å². The van der Waals surface area contributed by atoms with E-state index in [1.54, 1.807) is 6.07 Å². The first-order chi connectivity index (χ1) is 15.8. The first kappa shape index (κ1) is 24.0. The number of nitrogens with zero attached hydrogens (tertiary/aromatic N) is 2. The Bertz CT molecular complexity index is 930. The van der Waals surface area contributed by atoms with Crippen molar-refractivity contribution in [1.82, 2.24) is 9.80 Å². The maximum Gasteiger partial charge on any atom is 0.309 e. The van der Waals surface area contributed by atoms with Gasteiger partial charge in [-0.2, -0.15) is 0 Å². The number of esters is 1. The summed E-state index contributed by atoms with van der Waals surface area (Å²) >= 11 is 6.39. The molecular formula is C25H34ClN3O4. The fourth-order valence-corrected chi connectivity index (χ4v) is 5.54. The maximum absolute atomic E-state index is 12.9. The lowest BCUT2D eigenvalue weighted by atomic mass is 10.0. The number of hydrogen-bond acceptors (Lipinski definition) is 5. The average molecular weight is 476 g/mol. The second-order valence-electron chi connectivity index (χ2n) is 9.80. The van der Waals surface area contributed by atoms with Crippen LogP contribution in [0.4, 0.5) is 5.69 Å². The van der Waals surface area contributed by atoms with Crippen LogP contribution in [0.2, 0.25) is 5.02 Å². The lowest BCUT2D eigenvalue weighted by Crippen LogP contribution is -2.54. The van der Waals surface area contributed by atoms with Gasteiger partial charge in [0, 0.05) is 48.8 Å². The average Bonchev–Trinajstić information content (AvgIpc) is 3.40. The fourth-order valence-electron chi connectivity index (χ4n) is 5.30. The number of rotatable bonds is 6. The van der Waals surface area contributed by atoms with Gasteiger partial charge in [-0.25, -0.2) is 0 Å². The number of carbonyl (C=O) groups is 3. The molecule has 0 bridgehead atoms. The van der Waals surface area contributed by atoms with Gasteiger partial charge >= 0.3 is 5.97 Å². The van der Waals surface area contributed by atoms with Gasteiger partial charge in [0.2, 0.25) is 11.8 Å². The zero-order valence-corrected chi connectivity index (χ0v) is 20.5. The number of amides is 2. The molecule has 2 amide bonds. The molecule has 2 unspecified atom stereocenters. The molecule has 3 fully saturated rings. The van der Waals surface area contributed by atoms with Gasteiger partial charge in [-0.3, -0.25) is 19.3 Å². The topological polar surface area (TPSA) is 79.0 Å². The summed E-state index contributed by atoms with van der Waals surface area (Å²) in [5.74, 6) is -0.656. The van der Waals surface area contributed by atoms with Crippen LogP contribution in [0.25, 0.3) is 0 Å². The fraction of sp³-hybridized carbons (Fsp3) is 0.640.